The second-order valence-electron chi connectivity index (χ2n) is 3.80. The van der Waals surface area contributed by atoms with Crippen LogP contribution >= 0.6 is 15.9 Å². The first-order chi connectivity index (χ1) is 8.74. The van der Waals surface area contributed by atoms with E-state index in [1.807, 2.05) is 18.2 Å². The van der Waals surface area contributed by atoms with Crippen molar-refractivity contribution < 1.29 is 0 Å². The van der Waals surface area contributed by atoms with Gasteiger partial charge >= 0.3 is 0 Å². The zero-order valence-corrected chi connectivity index (χ0v) is 11.6. The molecule has 0 saturated carbocycles. The van der Waals surface area contributed by atoms with Gasteiger partial charge in [-0.2, -0.15) is 0 Å². The Balaban J connectivity index is 2.50. The zero-order valence-electron chi connectivity index (χ0n) is 10.0. The number of pyridine rings is 1. The fourth-order valence-corrected chi connectivity index (χ4v) is 2.04. The Morgan fingerprint density at radius 2 is 2.22 bits per heavy atom. The number of hydrogen-bond acceptors (Lipinski definition) is 5. The summed E-state index contributed by atoms with van der Waals surface area (Å²) in [5.74, 6) is 6.60. The van der Waals surface area contributed by atoms with Gasteiger partial charge in [-0.05, 0) is 34.5 Å². The lowest BCUT2D eigenvalue weighted by molar-refractivity contribution is 0.873. The van der Waals surface area contributed by atoms with Crippen LogP contribution in [0, 0.1) is 0 Å². The largest absolute Gasteiger partial charge is 0.308 e. The van der Waals surface area contributed by atoms with E-state index in [4.69, 9.17) is 5.84 Å². The third-order valence-electron chi connectivity index (χ3n) is 2.40. The van der Waals surface area contributed by atoms with Crippen LogP contribution in [-0.4, -0.2) is 15.0 Å². The Morgan fingerprint density at radius 1 is 1.39 bits per heavy atom. The number of nitrogens with two attached hydrogens (primary N) is 1. The van der Waals surface area contributed by atoms with Crippen LogP contribution in [0.1, 0.15) is 19.0 Å². The Labute approximate surface area is 114 Å². The topological polar surface area (TPSA) is 76.7 Å². The molecule has 2 aromatic rings. The van der Waals surface area contributed by atoms with Crippen molar-refractivity contribution in [3.8, 4) is 11.5 Å². The molecule has 0 amide bonds. The molecule has 0 aliphatic rings. The number of hydrazine groups is 1. The number of aryl methyl sites for hydroxylation is 1. The highest BCUT2D eigenvalue weighted by atomic mass is 79.9. The molecule has 0 radical (unpaired) electrons. The highest BCUT2D eigenvalue weighted by Gasteiger charge is 2.10. The maximum absolute atomic E-state index is 5.43. The summed E-state index contributed by atoms with van der Waals surface area (Å²) in [5, 5.41) is 0. The van der Waals surface area contributed by atoms with Crippen LogP contribution in [0.4, 0.5) is 5.82 Å². The standard InChI is InChI=1S/C12H14BrN5/c1-2-4-8-7-10(18-14)17-12(16-8)11-9(13)5-3-6-15-11/h3,5-7H,2,4,14H2,1H3,(H,16,17,18). The summed E-state index contributed by atoms with van der Waals surface area (Å²) in [6, 6.07) is 5.61. The van der Waals surface area contributed by atoms with Crippen molar-refractivity contribution in [2.45, 2.75) is 19.8 Å². The summed E-state index contributed by atoms with van der Waals surface area (Å²) in [6.07, 6.45) is 3.62. The Kier molecular flexibility index (Phi) is 4.22. The molecule has 0 atom stereocenters. The summed E-state index contributed by atoms with van der Waals surface area (Å²) in [7, 11) is 0. The Morgan fingerprint density at radius 3 is 2.89 bits per heavy atom. The average Bonchev–Trinajstić information content (AvgIpc) is 2.39. The molecule has 0 saturated heterocycles. The quantitative estimate of drug-likeness (QED) is 0.670. The second-order valence-corrected chi connectivity index (χ2v) is 4.65. The number of nitrogen functional groups attached to an aromatic ring is 1. The van der Waals surface area contributed by atoms with Crippen molar-refractivity contribution in [3.63, 3.8) is 0 Å². The van der Waals surface area contributed by atoms with E-state index in [9.17, 15) is 0 Å². The van der Waals surface area contributed by atoms with Gasteiger partial charge in [0.15, 0.2) is 5.82 Å². The van der Waals surface area contributed by atoms with Crippen LogP contribution in [-0.2, 0) is 6.42 Å². The summed E-state index contributed by atoms with van der Waals surface area (Å²) < 4.78 is 0.863. The normalized spacial score (nSPS) is 10.4. The molecular weight excluding hydrogens is 294 g/mol. The van der Waals surface area contributed by atoms with Gasteiger partial charge in [-0.15, -0.1) is 0 Å². The molecule has 0 spiro atoms. The zero-order chi connectivity index (χ0) is 13.0. The number of hydrogen-bond donors (Lipinski definition) is 2. The highest BCUT2D eigenvalue weighted by molar-refractivity contribution is 9.10. The minimum Gasteiger partial charge on any atom is -0.308 e. The van der Waals surface area contributed by atoms with E-state index in [0.29, 0.717) is 17.3 Å². The summed E-state index contributed by atoms with van der Waals surface area (Å²) >= 11 is 3.45. The number of rotatable bonds is 4. The molecule has 2 rings (SSSR count). The van der Waals surface area contributed by atoms with Crippen LogP contribution in [0.3, 0.4) is 0 Å². The van der Waals surface area contributed by atoms with Crippen LogP contribution in [0.5, 0.6) is 0 Å². The first kappa shape index (κ1) is 12.9. The van der Waals surface area contributed by atoms with Crippen LogP contribution in [0.25, 0.3) is 11.5 Å². The Bertz CT molecular complexity index is 544. The molecule has 0 aliphatic carbocycles. The van der Waals surface area contributed by atoms with E-state index in [-0.39, 0.29) is 0 Å². The lowest BCUT2D eigenvalue weighted by atomic mass is 10.2. The maximum Gasteiger partial charge on any atom is 0.181 e. The second kappa shape index (κ2) is 5.88. The monoisotopic (exact) mass is 307 g/mol. The van der Waals surface area contributed by atoms with Crippen molar-refractivity contribution in [2.75, 3.05) is 5.43 Å². The van der Waals surface area contributed by atoms with Gasteiger partial charge in [0.05, 0.1) is 0 Å². The molecule has 18 heavy (non-hydrogen) atoms. The minimum absolute atomic E-state index is 0.571. The number of aromatic nitrogens is 3. The number of halogens is 1. The van der Waals surface area contributed by atoms with Gasteiger partial charge in [-0.1, -0.05) is 13.3 Å². The fraction of sp³-hybridized carbons (Fsp3) is 0.250. The lowest BCUT2D eigenvalue weighted by Gasteiger charge is -2.07. The first-order valence-electron chi connectivity index (χ1n) is 5.70. The Hall–Kier alpha value is -1.53. The molecule has 0 fully saturated rings. The molecule has 3 N–H and O–H groups in total. The van der Waals surface area contributed by atoms with E-state index in [1.54, 1.807) is 6.20 Å². The molecule has 2 aromatic heterocycles. The lowest BCUT2D eigenvalue weighted by Crippen LogP contribution is -2.11. The van der Waals surface area contributed by atoms with Gasteiger partial charge in [0.2, 0.25) is 0 Å². The molecule has 2 heterocycles. The summed E-state index contributed by atoms with van der Waals surface area (Å²) in [4.78, 5) is 13.1. The van der Waals surface area contributed by atoms with E-state index >= 15 is 0 Å². The van der Waals surface area contributed by atoms with E-state index < -0.39 is 0 Å². The fourth-order valence-electron chi connectivity index (χ4n) is 1.61. The van der Waals surface area contributed by atoms with Crippen LogP contribution < -0.4 is 11.3 Å². The predicted molar refractivity (Wildman–Crippen MR) is 74.8 cm³/mol. The highest BCUT2D eigenvalue weighted by Crippen LogP contribution is 2.24. The molecule has 0 unspecified atom stereocenters. The van der Waals surface area contributed by atoms with Crippen molar-refractivity contribution in [3.05, 3.63) is 34.6 Å². The smallest absolute Gasteiger partial charge is 0.181 e. The molecule has 0 aliphatic heterocycles. The van der Waals surface area contributed by atoms with Gasteiger partial charge in [-0.25, -0.2) is 15.8 Å². The van der Waals surface area contributed by atoms with E-state index in [0.717, 1.165) is 23.0 Å². The van der Waals surface area contributed by atoms with Gasteiger partial charge in [-0.3, -0.25) is 4.98 Å². The molecule has 0 bridgehead atoms. The SMILES string of the molecule is CCCc1cc(NN)nc(-c2ncccc2Br)n1. The summed E-state index contributed by atoms with van der Waals surface area (Å²) in [6.45, 7) is 2.11. The first-order valence-corrected chi connectivity index (χ1v) is 6.49. The summed E-state index contributed by atoms with van der Waals surface area (Å²) in [5.41, 5.74) is 4.23. The van der Waals surface area contributed by atoms with Gasteiger partial charge in [0.25, 0.3) is 0 Å². The molecule has 6 heteroatoms. The molecule has 0 aromatic carbocycles. The van der Waals surface area contributed by atoms with Crippen LogP contribution in [0.15, 0.2) is 28.9 Å². The number of nitrogens with one attached hydrogen (secondary N) is 1. The van der Waals surface area contributed by atoms with E-state index in [1.165, 1.54) is 0 Å². The predicted octanol–water partition coefficient (Wildman–Crippen LogP) is 2.54. The maximum atomic E-state index is 5.43. The number of nitrogens with zero attached hydrogens (tertiary/aromatic N) is 3. The van der Waals surface area contributed by atoms with Crippen molar-refractivity contribution in [2.24, 2.45) is 5.84 Å². The molecule has 94 valence electrons. The molecule has 5 nitrogen and oxygen atoms in total. The average molecular weight is 308 g/mol. The van der Waals surface area contributed by atoms with Crippen molar-refractivity contribution in [1.82, 2.24) is 15.0 Å². The van der Waals surface area contributed by atoms with E-state index in [2.05, 4.69) is 43.2 Å². The van der Waals surface area contributed by atoms with Crippen LogP contribution in [0.2, 0.25) is 0 Å². The van der Waals surface area contributed by atoms with Crippen molar-refractivity contribution >= 4 is 21.7 Å². The molecular formula is C12H14BrN5. The minimum atomic E-state index is 0.571. The van der Waals surface area contributed by atoms with Gasteiger partial charge in [0, 0.05) is 22.4 Å². The third-order valence-corrected chi connectivity index (χ3v) is 3.04. The van der Waals surface area contributed by atoms with Crippen molar-refractivity contribution in [1.29, 1.82) is 0 Å². The van der Waals surface area contributed by atoms with Gasteiger partial charge < -0.3 is 5.43 Å². The third kappa shape index (κ3) is 2.83. The van der Waals surface area contributed by atoms with Gasteiger partial charge in [0.1, 0.15) is 11.5 Å². The number of anilines is 1.